The van der Waals surface area contributed by atoms with Crippen molar-refractivity contribution in [1.29, 1.82) is 0 Å². The fourth-order valence-corrected chi connectivity index (χ4v) is 8.36. The molecule has 58 heavy (non-hydrogen) atoms. The molecule has 0 fully saturated rings. The van der Waals surface area contributed by atoms with Gasteiger partial charge in [0, 0.05) is 29.1 Å². The van der Waals surface area contributed by atoms with Crippen LogP contribution in [0.3, 0.4) is 0 Å². The minimum absolute atomic E-state index is 0.683. The van der Waals surface area contributed by atoms with Crippen LogP contribution in [-0.2, 0) is 0 Å². The van der Waals surface area contributed by atoms with E-state index < -0.39 is 0 Å². The molecule has 3 nitrogen and oxygen atoms in total. The Bertz CT molecular complexity index is 3280. The zero-order valence-corrected chi connectivity index (χ0v) is 31.5. The number of rotatable bonds is 6. The van der Waals surface area contributed by atoms with Crippen LogP contribution in [0.25, 0.3) is 110 Å². The van der Waals surface area contributed by atoms with Crippen LogP contribution in [0.5, 0.6) is 0 Å². The summed E-state index contributed by atoms with van der Waals surface area (Å²) in [5, 5.41) is 10.1. The summed E-state index contributed by atoms with van der Waals surface area (Å²) in [5.41, 5.74) is 11.6. The Balaban J connectivity index is 1.00. The summed E-state index contributed by atoms with van der Waals surface area (Å²) in [6.07, 6.45) is 3.69. The molecule has 0 N–H and O–H groups in total. The van der Waals surface area contributed by atoms with Gasteiger partial charge in [0.25, 0.3) is 0 Å². The maximum absolute atomic E-state index is 5.24. The smallest absolute Gasteiger partial charge is 0.160 e. The molecule has 0 radical (unpaired) electrons. The van der Waals surface area contributed by atoms with Crippen LogP contribution in [0, 0.1) is 0 Å². The van der Waals surface area contributed by atoms with Crippen LogP contribution in [0.2, 0.25) is 0 Å². The van der Waals surface area contributed by atoms with Gasteiger partial charge in [-0.1, -0.05) is 170 Å². The fraction of sp³-hybridized carbons (Fsp3) is 0. The van der Waals surface area contributed by atoms with E-state index in [2.05, 4.69) is 199 Å². The second kappa shape index (κ2) is 14.1. The molecular weight excluding hydrogens is 703 g/mol. The molecule has 3 heteroatoms. The first-order valence-corrected chi connectivity index (χ1v) is 19.7. The van der Waals surface area contributed by atoms with Crippen molar-refractivity contribution in [2.24, 2.45) is 0 Å². The molecule has 0 aliphatic heterocycles. The molecule has 0 bridgehead atoms. The molecule has 0 spiro atoms. The number of fused-ring (bicyclic) bond motifs is 7. The third kappa shape index (κ3) is 6.07. The molecule has 270 valence electrons. The van der Waals surface area contributed by atoms with Crippen molar-refractivity contribution in [3.05, 3.63) is 213 Å². The summed E-state index contributed by atoms with van der Waals surface area (Å²) in [6.45, 7) is 0. The second-order valence-corrected chi connectivity index (χ2v) is 14.9. The standard InChI is InChI=1S/C55H35N3/c1-2-10-41-31-43(27-22-36(41)9-1)42-11-7-12-45(32-42)54-34-53(39-23-18-38(19-24-39)46-13-8-30-56-35-46)57-55(58-54)40-25-20-37(21-26-40)44-28-29-51-49-16-4-3-14-47(49)48-15-5-6-17-50(48)52(51)33-44/h1-35H. The number of benzene rings is 9. The lowest BCUT2D eigenvalue weighted by Gasteiger charge is -2.13. The maximum Gasteiger partial charge on any atom is 0.160 e. The summed E-state index contributed by atoms with van der Waals surface area (Å²) in [5.74, 6) is 0.683. The molecule has 0 aliphatic carbocycles. The predicted molar refractivity (Wildman–Crippen MR) is 242 cm³/mol. The zero-order chi connectivity index (χ0) is 38.4. The average molecular weight is 738 g/mol. The van der Waals surface area contributed by atoms with E-state index in [0.29, 0.717) is 5.82 Å². The molecule has 0 unspecified atom stereocenters. The summed E-state index contributed by atoms with van der Waals surface area (Å²) in [6, 6.07) is 71.5. The number of pyridine rings is 1. The Labute approximate surface area is 336 Å². The van der Waals surface area contributed by atoms with Crippen LogP contribution in [-0.4, -0.2) is 15.0 Å². The lowest BCUT2D eigenvalue weighted by atomic mass is 9.92. The molecule has 0 atom stereocenters. The van der Waals surface area contributed by atoms with Gasteiger partial charge in [0.2, 0.25) is 0 Å². The number of nitrogens with zero attached hydrogens (tertiary/aromatic N) is 3. The Morgan fingerprint density at radius 3 is 1.47 bits per heavy atom. The minimum atomic E-state index is 0.683. The topological polar surface area (TPSA) is 38.7 Å². The van der Waals surface area contributed by atoms with Gasteiger partial charge < -0.3 is 0 Å². The van der Waals surface area contributed by atoms with Gasteiger partial charge in [0.05, 0.1) is 11.4 Å². The first kappa shape index (κ1) is 33.6. The molecule has 2 aromatic heterocycles. The van der Waals surface area contributed by atoms with E-state index in [9.17, 15) is 0 Å². The van der Waals surface area contributed by atoms with E-state index in [-0.39, 0.29) is 0 Å². The van der Waals surface area contributed by atoms with Gasteiger partial charge >= 0.3 is 0 Å². The van der Waals surface area contributed by atoms with Gasteiger partial charge in [-0.15, -0.1) is 0 Å². The number of hydrogen-bond donors (Lipinski definition) is 0. The van der Waals surface area contributed by atoms with Crippen LogP contribution in [0.15, 0.2) is 213 Å². The maximum atomic E-state index is 5.24. The van der Waals surface area contributed by atoms with Crippen LogP contribution < -0.4 is 0 Å². The van der Waals surface area contributed by atoms with Crippen molar-refractivity contribution in [3.63, 3.8) is 0 Å². The van der Waals surface area contributed by atoms with Crippen molar-refractivity contribution < 1.29 is 0 Å². The molecule has 2 heterocycles. The fourth-order valence-electron chi connectivity index (χ4n) is 8.36. The molecular formula is C55H35N3. The van der Waals surface area contributed by atoms with E-state index in [0.717, 1.165) is 50.3 Å². The highest BCUT2D eigenvalue weighted by Gasteiger charge is 2.14. The lowest BCUT2D eigenvalue weighted by Crippen LogP contribution is -1.96. The second-order valence-electron chi connectivity index (χ2n) is 14.9. The molecule has 0 amide bonds. The van der Waals surface area contributed by atoms with Gasteiger partial charge in [-0.05, 0) is 107 Å². The molecule has 11 rings (SSSR count). The minimum Gasteiger partial charge on any atom is -0.264 e. The summed E-state index contributed by atoms with van der Waals surface area (Å²) < 4.78 is 0. The first-order chi connectivity index (χ1) is 28.7. The van der Waals surface area contributed by atoms with Crippen molar-refractivity contribution in [1.82, 2.24) is 15.0 Å². The van der Waals surface area contributed by atoms with Gasteiger partial charge in [-0.25, -0.2) is 9.97 Å². The molecule has 0 aliphatic rings. The number of aromatic nitrogens is 3. The normalized spacial score (nSPS) is 11.4. The highest BCUT2D eigenvalue weighted by molar-refractivity contribution is 6.25. The molecule has 0 saturated heterocycles. The Morgan fingerprint density at radius 1 is 0.259 bits per heavy atom. The summed E-state index contributed by atoms with van der Waals surface area (Å²) >= 11 is 0. The number of hydrogen-bond acceptors (Lipinski definition) is 3. The largest absolute Gasteiger partial charge is 0.264 e. The highest BCUT2D eigenvalue weighted by Crippen LogP contribution is 2.38. The first-order valence-electron chi connectivity index (χ1n) is 19.7. The molecule has 9 aromatic carbocycles. The monoisotopic (exact) mass is 737 g/mol. The lowest BCUT2D eigenvalue weighted by molar-refractivity contribution is 1.18. The average Bonchev–Trinajstić information content (AvgIpc) is 3.31. The van der Waals surface area contributed by atoms with Gasteiger partial charge in [0.15, 0.2) is 5.82 Å². The third-order valence-electron chi connectivity index (χ3n) is 11.4. The van der Waals surface area contributed by atoms with Crippen molar-refractivity contribution in [3.8, 4) is 67.3 Å². The van der Waals surface area contributed by atoms with Gasteiger partial charge in [-0.3, -0.25) is 4.98 Å². The summed E-state index contributed by atoms with van der Waals surface area (Å²) in [4.78, 5) is 14.8. The van der Waals surface area contributed by atoms with E-state index in [1.807, 2.05) is 12.3 Å². The van der Waals surface area contributed by atoms with Gasteiger partial charge in [0.1, 0.15) is 0 Å². The van der Waals surface area contributed by atoms with E-state index in [4.69, 9.17) is 9.97 Å². The zero-order valence-electron chi connectivity index (χ0n) is 31.5. The summed E-state index contributed by atoms with van der Waals surface area (Å²) in [7, 11) is 0. The van der Waals surface area contributed by atoms with Crippen molar-refractivity contribution in [2.45, 2.75) is 0 Å². The Kier molecular flexibility index (Phi) is 8.15. The van der Waals surface area contributed by atoms with Crippen LogP contribution >= 0.6 is 0 Å². The van der Waals surface area contributed by atoms with Crippen LogP contribution in [0.4, 0.5) is 0 Å². The Hall–Kier alpha value is -7.75. The SMILES string of the molecule is c1cncc(-c2ccc(-c3cc(-c4cccc(-c5ccc6ccccc6c5)c4)nc(-c4ccc(-c5ccc6c7ccccc7c7ccccc7c6c5)cc4)n3)cc2)c1. The highest BCUT2D eigenvalue weighted by atomic mass is 14.9. The van der Waals surface area contributed by atoms with E-state index in [1.165, 1.54) is 54.2 Å². The van der Waals surface area contributed by atoms with E-state index >= 15 is 0 Å². The van der Waals surface area contributed by atoms with Crippen LogP contribution in [0.1, 0.15) is 0 Å². The molecule has 0 saturated carbocycles. The quantitative estimate of drug-likeness (QED) is 0.160. The Morgan fingerprint density at radius 2 is 0.759 bits per heavy atom. The predicted octanol–water partition coefficient (Wildman–Crippen LogP) is 14.5. The van der Waals surface area contributed by atoms with Crippen molar-refractivity contribution in [2.75, 3.05) is 0 Å². The van der Waals surface area contributed by atoms with E-state index in [1.54, 1.807) is 6.20 Å². The molecule has 11 aromatic rings. The van der Waals surface area contributed by atoms with Gasteiger partial charge in [-0.2, -0.15) is 0 Å². The van der Waals surface area contributed by atoms with Crippen molar-refractivity contribution >= 4 is 43.1 Å². The third-order valence-corrected chi connectivity index (χ3v) is 11.4.